The van der Waals surface area contributed by atoms with Gasteiger partial charge in [-0.05, 0) is 24.4 Å². The van der Waals surface area contributed by atoms with Gasteiger partial charge in [-0.15, -0.1) is 11.3 Å². The molecule has 1 N–H and O–H groups in total. The van der Waals surface area contributed by atoms with E-state index in [4.69, 9.17) is 0 Å². The van der Waals surface area contributed by atoms with Crippen LogP contribution in [0.2, 0.25) is 0 Å². The van der Waals surface area contributed by atoms with Crippen LogP contribution in [-0.2, 0) is 6.18 Å². The van der Waals surface area contributed by atoms with Crippen molar-refractivity contribution in [2.45, 2.75) is 19.2 Å². The Morgan fingerprint density at radius 2 is 2.00 bits per heavy atom. The van der Waals surface area contributed by atoms with Crippen LogP contribution in [0.1, 0.15) is 23.5 Å². The first-order chi connectivity index (χ1) is 7.39. The molecular formula is C11H9F3OS. The SMILES string of the molecule is CC(O)c1cc2cccc(C(F)(F)F)c2s1. The van der Waals surface area contributed by atoms with Crippen LogP contribution in [-0.4, -0.2) is 5.11 Å². The van der Waals surface area contributed by atoms with Crippen LogP contribution < -0.4 is 0 Å². The molecular weight excluding hydrogens is 237 g/mol. The molecule has 0 saturated carbocycles. The second-order valence-electron chi connectivity index (χ2n) is 3.55. The fourth-order valence-electron chi connectivity index (χ4n) is 1.51. The molecule has 1 atom stereocenters. The number of alkyl halides is 3. The zero-order valence-electron chi connectivity index (χ0n) is 8.38. The first-order valence-electron chi connectivity index (χ1n) is 4.67. The van der Waals surface area contributed by atoms with Gasteiger partial charge in [0, 0.05) is 9.58 Å². The van der Waals surface area contributed by atoms with E-state index in [0.29, 0.717) is 10.3 Å². The molecule has 5 heteroatoms. The number of thiophene rings is 1. The number of halogens is 3. The van der Waals surface area contributed by atoms with Gasteiger partial charge in [0.2, 0.25) is 0 Å². The minimum atomic E-state index is -4.35. The first-order valence-corrected chi connectivity index (χ1v) is 5.49. The molecule has 1 aromatic heterocycles. The number of rotatable bonds is 1. The lowest BCUT2D eigenvalue weighted by Crippen LogP contribution is -2.04. The van der Waals surface area contributed by atoms with Crippen LogP contribution in [0, 0.1) is 0 Å². The Balaban J connectivity index is 2.68. The summed E-state index contributed by atoms with van der Waals surface area (Å²) in [4.78, 5) is 0.548. The quantitative estimate of drug-likeness (QED) is 0.807. The van der Waals surface area contributed by atoms with Gasteiger partial charge >= 0.3 is 6.18 Å². The molecule has 1 unspecified atom stereocenters. The molecule has 2 rings (SSSR count). The Kier molecular flexibility index (Phi) is 2.67. The van der Waals surface area contributed by atoms with Crippen LogP contribution in [0.15, 0.2) is 24.3 Å². The molecule has 86 valence electrons. The fraction of sp³-hybridized carbons (Fsp3) is 0.273. The van der Waals surface area contributed by atoms with E-state index in [9.17, 15) is 18.3 Å². The maximum Gasteiger partial charge on any atom is 0.417 e. The van der Waals surface area contributed by atoms with Crippen molar-refractivity contribution in [1.29, 1.82) is 0 Å². The second-order valence-corrected chi connectivity index (χ2v) is 4.63. The average molecular weight is 246 g/mol. The summed E-state index contributed by atoms with van der Waals surface area (Å²) in [7, 11) is 0. The Labute approximate surface area is 94.1 Å². The van der Waals surface area contributed by atoms with Crippen LogP contribution in [0.5, 0.6) is 0 Å². The van der Waals surface area contributed by atoms with Crippen molar-refractivity contribution in [3.05, 3.63) is 34.7 Å². The molecule has 0 spiro atoms. The molecule has 1 nitrogen and oxygen atoms in total. The number of fused-ring (bicyclic) bond motifs is 1. The predicted molar refractivity (Wildman–Crippen MR) is 57.5 cm³/mol. The van der Waals surface area contributed by atoms with Crippen LogP contribution in [0.25, 0.3) is 10.1 Å². The summed E-state index contributed by atoms with van der Waals surface area (Å²) in [5.74, 6) is 0. The van der Waals surface area contributed by atoms with E-state index in [1.165, 1.54) is 13.0 Å². The highest BCUT2D eigenvalue weighted by Gasteiger charge is 2.33. The van der Waals surface area contributed by atoms with E-state index in [1.54, 1.807) is 12.1 Å². The van der Waals surface area contributed by atoms with E-state index in [1.807, 2.05) is 0 Å². The predicted octanol–water partition coefficient (Wildman–Crippen LogP) is 3.97. The average Bonchev–Trinajstić information content (AvgIpc) is 2.58. The van der Waals surface area contributed by atoms with Gasteiger partial charge in [0.25, 0.3) is 0 Å². The molecule has 0 aliphatic rings. The summed E-state index contributed by atoms with van der Waals surface area (Å²) < 4.78 is 38.2. The van der Waals surface area contributed by atoms with E-state index in [2.05, 4.69) is 0 Å². The van der Waals surface area contributed by atoms with Crippen molar-refractivity contribution in [3.8, 4) is 0 Å². The molecule has 2 aromatic rings. The summed E-state index contributed by atoms with van der Waals surface area (Å²) in [5, 5.41) is 9.87. The summed E-state index contributed by atoms with van der Waals surface area (Å²) >= 11 is 0.989. The summed E-state index contributed by atoms with van der Waals surface area (Å²) in [6.45, 7) is 1.54. The fourth-order valence-corrected chi connectivity index (χ4v) is 2.64. The Hall–Kier alpha value is -1.07. The minimum Gasteiger partial charge on any atom is -0.388 e. The topological polar surface area (TPSA) is 20.2 Å². The molecule has 1 aromatic carbocycles. The Morgan fingerprint density at radius 1 is 1.31 bits per heavy atom. The van der Waals surface area contributed by atoms with E-state index in [0.717, 1.165) is 17.4 Å². The first kappa shape index (κ1) is 11.4. The van der Waals surface area contributed by atoms with Crippen molar-refractivity contribution < 1.29 is 18.3 Å². The van der Waals surface area contributed by atoms with Crippen molar-refractivity contribution in [2.24, 2.45) is 0 Å². The molecule has 0 bridgehead atoms. The number of benzene rings is 1. The number of hydrogen-bond acceptors (Lipinski definition) is 2. The second kappa shape index (κ2) is 3.75. The van der Waals surface area contributed by atoms with Gasteiger partial charge in [-0.1, -0.05) is 12.1 Å². The highest BCUT2D eigenvalue weighted by Crippen LogP contribution is 2.39. The molecule has 16 heavy (non-hydrogen) atoms. The van der Waals surface area contributed by atoms with Gasteiger partial charge in [0.05, 0.1) is 11.7 Å². The molecule has 0 aliphatic heterocycles. The highest BCUT2D eigenvalue weighted by atomic mass is 32.1. The van der Waals surface area contributed by atoms with Crippen molar-refractivity contribution in [3.63, 3.8) is 0 Å². The Bertz CT molecular complexity index is 513. The van der Waals surface area contributed by atoms with Crippen LogP contribution >= 0.6 is 11.3 Å². The molecule has 0 aliphatic carbocycles. The van der Waals surface area contributed by atoms with Gasteiger partial charge in [-0.3, -0.25) is 0 Å². The zero-order chi connectivity index (χ0) is 11.9. The van der Waals surface area contributed by atoms with Gasteiger partial charge in [-0.25, -0.2) is 0 Å². The van der Waals surface area contributed by atoms with E-state index in [-0.39, 0.29) is 4.70 Å². The normalized spacial score (nSPS) is 14.3. The standard InChI is InChI=1S/C11H9F3OS/c1-6(15)9-5-7-3-2-4-8(10(7)16-9)11(12,13)14/h2-6,15H,1H3. The summed E-state index contributed by atoms with van der Waals surface area (Å²) in [6, 6.07) is 5.65. The highest BCUT2D eigenvalue weighted by molar-refractivity contribution is 7.19. The molecule has 0 radical (unpaired) electrons. The maximum absolute atomic E-state index is 12.7. The van der Waals surface area contributed by atoms with E-state index < -0.39 is 17.8 Å². The van der Waals surface area contributed by atoms with E-state index >= 15 is 0 Å². The number of aliphatic hydroxyl groups is 1. The lowest BCUT2D eigenvalue weighted by atomic mass is 10.1. The smallest absolute Gasteiger partial charge is 0.388 e. The molecule has 0 fully saturated rings. The van der Waals surface area contributed by atoms with Gasteiger partial charge in [0.15, 0.2) is 0 Å². The van der Waals surface area contributed by atoms with Crippen LogP contribution in [0.3, 0.4) is 0 Å². The third-order valence-corrected chi connectivity index (χ3v) is 3.63. The van der Waals surface area contributed by atoms with Gasteiger partial charge in [0.1, 0.15) is 0 Å². The Morgan fingerprint density at radius 3 is 2.56 bits per heavy atom. The number of aliphatic hydroxyl groups excluding tert-OH is 1. The van der Waals surface area contributed by atoms with Crippen molar-refractivity contribution >= 4 is 21.4 Å². The zero-order valence-corrected chi connectivity index (χ0v) is 9.19. The van der Waals surface area contributed by atoms with Gasteiger partial charge in [-0.2, -0.15) is 13.2 Å². The summed E-state index contributed by atoms with van der Waals surface area (Å²) in [6.07, 6.45) is -5.08. The number of hydrogen-bond donors (Lipinski definition) is 1. The molecule has 0 saturated heterocycles. The van der Waals surface area contributed by atoms with Crippen molar-refractivity contribution in [1.82, 2.24) is 0 Å². The third-order valence-electron chi connectivity index (χ3n) is 2.28. The lowest BCUT2D eigenvalue weighted by molar-refractivity contribution is -0.136. The van der Waals surface area contributed by atoms with Crippen molar-refractivity contribution in [2.75, 3.05) is 0 Å². The summed E-state index contributed by atoms with van der Waals surface area (Å²) in [5.41, 5.74) is -0.637. The van der Waals surface area contributed by atoms with Crippen LogP contribution in [0.4, 0.5) is 13.2 Å². The lowest BCUT2D eigenvalue weighted by Gasteiger charge is -2.06. The van der Waals surface area contributed by atoms with Gasteiger partial charge < -0.3 is 5.11 Å². The molecule has 1 heterocycles. The maximum atomic E-state index is 12.7. The molecule has 0 amide bonds. The largest absolute Gasteiger partial charge is 0.417 e. The third kappa shape index (κ3) is 1.92. The monoisotopic (exact) mass is 246 g/mol. The minimum absolute atomic E-state index is 0.186.